The van der Waals surface area contributed by atoms with Crippen molar-refractivity contribution in [2.75, 3.05) is 5.32 Å². The van der Waals surface area contributed by atoms with E-state index in [0.29, 0.717) is 29.3 Å². The van der Waals surface area contributed by atoms with E-state index in [0.717, 1.165) is 20.9 Å². The number of hydrogen-bond donors (Lipinski definition) is 3. The van der Waals surface area contributed by atoms with Gasteiger partial charge in [0.1, 0.15) is 18.1 Å². The maximum atomic E-state index is 13.0. The van der Waals surface area contributed by atoms with E-state index >= 15 is 0 Å². The van der Waals surface area contributed by atoms with Gasteiger partial charge in [0.25, 0.3) is 5.91 Å². The number of carbonyl (C=O) groups excluding carboxylic acids is 1. The lowest BCUT2D eigenvalue weighted by atomic mass is 10.1. The van der Waals surface area contributed by atoms with Crippen LogP contribution in [-0.4, -0.2) is 21.0 Å². The van der Waals surface area contributed by atoms with Gasteiger partial charge in [0.2, 0.25) is 0 Å². The summed E-state index contributed by atoms with van der Waals surface area (Å²) in [6.07, 6.45) is 0. The van der Waals surface area contributed by atoms with Crippen molar-refractivity contribution in [2.24, 2.45) is 0 Å². The van der Waals surface area contributed by atoms with Crippen molar-refractivity contribution < 1.29 is 14.1 Å². The predicted octanol–water partition coefficient (Wildman–Crippen LogP) is 5.11. The average Bonchev–Trinajstić information content (AvgIpc) is 3.45. The third-order valence-corrected chi connectivity index (χ3v) is 5.50. The number of hydrogen-bond acceptors (Lipinski definition) is 5. The quantitative estimate of drug-likeness (QED) is 0.297. The fourth-order valence-electron chi connectivity index (χ4n) is 3.42. The summed E-state index contributed by atoms with van der Waals surface area (Å²) < 4.78 is 11.2. The molecule has 5 aromatic rings. The molecule has 3 N–H and O–H groups in total. The number of rotatable bonds is 6. The van der Waals surface area contributed by atoms with Gasteiger partial charge < -0.3 is 15.0 Å². The highest BCUT2D eigenvalue weighted by atomic mass is 79.9. The van der Waals surface area contributed by atoms with Gasteiger partial charge in [0, 0.05) is 20.9 Å². The molecule has 0 aliphatic rings. The minimum Gasteiger partial charge on any atom is -0.489 e. The van der Waals surface area contributed by atoms with Crippen molar-refractivity contribution in [3.05, 3.63) is 99.1 Å². The Labute approximate surface area is 195 Å². The molecule has 0 bridgehead atoms. The number of nitrogens with zero attached hydrogens (tertiary/aromatic N) is 1. The summed E-state index contributed by atoms with van der Waals surface area (Å²) in [4.78, 5) is 29.9. The number of anilines is 1. The molecule has 0 aliphatic heterocycles. The van der Waals surface area contributed by atoms with Gasteiger partial charge in [-0.05, 0) is 48.0 Å². The molecule has 0 atom stereocenters. The van der Waals surface area contributed by atoms with E-state index in [4.69, 9.17) is 4.74 Å². The van der Waals surface area contributed by atoms with Crippen molar-refractivity contribution in [2.45, 2.75) is 6.61 Å². The van der Waals surface area contributed by atoms with Crippen LogP contribution in [0, 0.1) is 0 Å². The average molecular weight is 505 g/mol. The van der Waals surface area contributed by atoms with Gasteiger partial charge in [-0.15, -0.1) is 0 Å². The monoisotopic (exact) mass is 504 g/mol. The van der Waals surface area contributed by atoms with Gasteiger partial charge in [0.15, 0.2) is 5.82 Å². The Morgan fingerprint density at radius 3 is 2.67 bits per heavy atom. The molecule has 0 aliphatic carbocycles. The summed E-state index contributed by atoms with van der Waals surface area (Å²) in [6, 6.07) is 22.5. The van der Waals surface area contributed by atoms with Crippen molar-refractivity contribution >= 4 is 38.4 Å². The molecular formula is C24H17BrN4O4. The van der Waals surface area contributed by atoms with Crippen LogP contribution in [0.25, 0.3) is 22.3 Å². The Balaban J connectivity index is 1.36. The molecule has 5 rings (SSSR count). The molecule has 2 aromatic heterocycles. The first-order chi connectivity index (χ1) is 16.0. The molecular weight excluding hydrogens is 488 g/mol. The molecule has 0 spiro atoms. The van der Waals surface area contributed by atoms with Crippen LogP contribution in [0.4, 0.5) is 5.69 Å². The number of amides is 1. The third kappa shape index (κ3) is 4.58. The summed E-state index contributed by atoms with van der Waals surface area (Å²) in [6.45, 7) is 0.459. The predicted molar refractivity (Wildman–Crippen MR) is 127 cm³/mol. The number of halogens is 1. The van der Waals surface area contributed by atoms with Crippen LogP contribution in [0.1, 0.15) is 16.1 Å². The van der Waals surface area contributed by atoms with Gasteiger partial charge in [0.05, 0.1) is 5.69 Å². The number of aromatic amines is 2. The zero-order valence-corrected chi connectivity index (χ0v) is 18.7. The van der Waals surface area contributed by atoms with Crippen molar-refractivity contribution in [3.63, 3.8) is 0 Å². The van der Waals surface area contributed by atoms with Crippen LogP contribution in [0.15, 0.2) is 86.6 Å². The van der Waals surface area contributed by atoms with E-state index in [-0.39, 0.29) is 11.7 Å². The highest BCUT2D eigenvalue weighted by Crippen LogP contribution is 2.29. The molecule has 0 unspecified atom stereocenters. The Morgan fingerprint density at radius 1 is 1.03 bits per heavy atom. The summed E-state index contributed by atoms with van der Waals surface area (Å²) in [7, 11) is 0. The number of benzene rings is 3. The van der Waals surface area contributed by atoms with Crippen molar-refractivity contribution in [3.8, 4) is 17.1 Å². The maximum Gasteiger partial charge on any atom is 0.439 e. The van der Waals surface area contributed by atoms with Gasteiger partial charge >= 0.3 is 5.76 Å². The molecule has 164 valence electrons. The van der Waals surface area contributed by atoms with E-state index in [1.54, 1.807) is 24.3 Å². The molecule has 8 nitrogen and oxygen atoms in total. The molecule has 2 heterocycles. The van der Waals surface area contributed by atoms with Gasteiger partial charge in [-0.2, -0.15) is 0 Å². The first-order valence-electron chi connectivity index (χ1n) is 10.0. The number of H-pyrrole nitrogens is 2. The second kappa shape index (κ2) is 8.79. The third-order valence-electron chi connectivity index (χ3n) is 5.01. The molecule has 3 aromatic carbocycles. The molecule has 0 saturated heterocycles. The minimum atomic E-state index is -0.678. The van der Waals surface area contributed by atoms with Gasteiger partial charge in [-0.1, -0.05) is 51.4 Å². The smallest absolute Gasteiger partial charge is 0.439 e. The van der Waals surface area contributed by atoms with Gasteiger partial charge in [-0.3, -0.25) is 14.3 Å². The fraction of sp³-hybridized carbons (Fsp3) is 0.0417. The van der Waals surface area contributed by atoms with E-state index < -0.39 is 5.76 Å². The topological polar surface area (TPSA) is 113 Å². The minimum absolute atomic E-state index is 0.216. The molecule has 1 amide bonds. The van der Waals surface area contributed by atoms with Crippen LogP contribution in [0.5, 0.6) is 5.75 Å². The first-order valence-corrected chi connectivity index (χ1v) is 10.8. The number of fused-ring (bicyclic) bond motifs is 1. The Hall–Kier alpha value is -4.11. The number of nitrogens with one attached hydrogen (secondary N) is 3. The fourth-order valence-corrected chi connectivity index (χ4v) is 3.78. The van der Waals surface area contributed by atoms with Gasteiger partial charge in [-0.25, -0.2) is 4.79 Å². The van der Waals surface area contributed by atoms with Crippen LogP contribution in [0.3, 0.4) is 0 Å². The molecule has 0 radical (unpaired) electrons. The lowest BCUT2D eigenvalue weighted by Crippen LogP contribution is -2.13. The van der Waals surface area contributed by atoms with Crippen LogP contribution in [0.2, 0.25) is 0 Å². The number of aromatic nitrogens is 3. The zero-order chi connectivity index (χ0) is 22.8. The number of ether oxygens (including phenoxy) is 1. The van der Waals surface area contributed by atoms with Crippen molar-refractivity contribution in [1.82, 2.24) is 15.1 Å². The maximum absolute atomic E-state index is 13.0. The first kappa shape index (κ1) is 20.8. The summed E-state index contributed by atoms with van der Waals surface area (Å²) >= 11 is 3.39. The summed E-state index contributed by atoms with van der Waals surface area (Å²) in [5.74, 6) is -0.0912. The van der Waals surface area contributed by atoms with Crippen molar-refractivity contribution in [1.29, 1.82) is 0 Å². The standard InChI is InChI=1S/C24H17BrN4O4/c25-16-6-8-20(18(12-16)22-28-24(31)33-29-22)27-23(30)21-11-15-10-17(7-9-19(15)26-21)32-13-14-4-2-1-3-5-14/h1-12,26H,13H2,(H,27,30)(H,28,29,31). The normalized spacial score (nSPS) is 10.9. The SMILES string of the molecule is O=C(Nc1ccc(Br)cc1-c1noc(=O)[nH]1)c1cc2cc(OCc3ccccc3)ccc2[nH]1. The Bertz CT molecular complexity index is 1500. The van der Waals surface area contributed by atoms with E-state index in [2.05, 4.69) is 40.9 Å². The largest absolute Gasteiger partial charge is 0.489 e. The lowest BCUT2D eigenvalue weighted by molar-refractivity contribution is 0.102. The van der Waals surface area contributed by atoms with Crippen LogP contribution >= 0.6 is 15.9 Å². The molecule has 9 heteroatoms. The number of carbonyl (C=O) groups is 1. The highest BCUT2D eigenvalue weighted by molar-refractivity contribution is 9.10. The van der Waals surface area contributed by atoms with E-state index in [1.807, 2.05) is 48.5 Å². The molecule has 0 saturated carbocycles. The van der Waals surface area contributed by atoms with E-state index in [1.165, 1.54) is 0 Å². The zero-order valence-electron chi connectivity index (χ0n) is 17.1. The van der Waals surface area contributed by atoms with Crippen LogP contribution in [-0.2, 0) is 6.61 Å². The highest BCUT2D eigenvalue weighted by Gasteiger charge is 2.16. The van der Waals surface area contributed by atoms with Crippen LogP contribution < -0.4 is 15.8 Å². The van der Waals surface area contributed by atoms with E-state index in [9.17, 15) is 9.59 Å². The summed E-state index contributed by atoms with van der Waals surface area (Å²) in [5, 5.41) is 7.42. The second-order valence-corrected chi connectivity index (χ2v) is 8.21. The summed E-state index contributed by atoms with van der Waals surface area (Å²) in [5.41, 5.74) is 3.25. The molecule has 0 fully saturated rings. The second-order valence-electron chi connectivity index (χ2n) is 7.29. The Morgan fingerprint density at radius 2 is 1.88 bits per heavy atom. The lowest BCUT2D eigenvalue weighted by Gasteiger charge is -2.09. The molecule has 33 heavy (non-hydrogen) atoms. The Kier molecular flexibility index (Phi) is 5.54.